The van der Waals surface area contributed by atoms with E-state index in [2.05, 4.69) is 17.3 Å². The van der Waals surface area contributed by atoms with Gasteiger partial charge in [0.2, 0.25) is 0 Å². The molecular formula is C14H26N2O. The quantitative estimate of drug-likeness (QED) is 0.793. The highest BCUT2D eigenvalue weighted by atomic mass is 16.5. The van der Waals surface area contributed by atoms with Gasteiger partial charge in [0.05, 0.1) is 0 Å². The number of hydrogen-bond acceptors (Lipinski definition) is 3. The molecular weight excluding hydrogens is 212 g/mol. The van der Waals surface area contributed by atoms with E-state index in [9.17, 15) is 0 Å². The molecule has 0 aromatic heterocycles. The fraction of sp³-hybridized carbons (Fsp3) is 1.00. The molecule has 3 aliphatic heterocycles. The van der Waals surface area contributed by atoms with E-state index in [0.717, 1.165) is 37.4 Å². The Balaban J connectivity index is 1.70. The van der Waals surface area contributed by atoms with Crippen LogP contribution in [0.25, 0.3) is 0 Å². The Morgan fingerprint density at radius 1 is 0.941 bits per heavy atom. The highest BCUT2D eigenvalue weighted by Gasteiger charge is 2.41. The van der Waals surface area contributed by atoms with Gasteiger partial charge in [-0.15, -0.1) is 0 Å². The summed E-state index contributed by atoms with van der Waals surface area (Å²) in [5, 5.41) is 3.50. The van der Waals surface area contributed by atoms with Crippen LogP contribution in [0.4, 0.5) is 0 Å². The summed E-state index contributed by atoms with van der Waals surface area (Å²) in [6.45, 7) is 1.96. The zero-order valence-corrected chi connectivity index (χ0v) is 11.0. The molecule has 3 heterocycles. The monoisotopic (exact) mass is 238 g/mol. The van der Waals surface area contributed by atoms with Gasteiger partial charge >= 0.3 is 0 Å². The van der Waals surface area contributed by atoms with Crippen molar-refractivity contribution >= 4 is 0 Å². The van der Waals surface area contributed by atoms with Gasteiger partial charge < -0.3 is 10.1 Å². The van der Waals surface area contributed by atoms with E-state index in [1.165, 1.54) is 44.9 Å². The van der Waals surface area contributed by atoms with E-state index in [0.29, 0.717) is 0 Å². The number of nitrogens with zero attached hydrogens (tertiary/aromatic N) is 1. The van der Waals surface area contributed by atoms with Crippen LogP contribution in [-0.4, -0.2) is 49.3 Å². The molecule has 3 rings (SSSR count). The summed E-state index contributed by atoms with van der Waals surface area (Å²) in [5.41, 5.74) is 0. The minimum absolute atomic E-state index is 0.765. The van der Waals surface area contributed by atoms with Crippen LogP contribution >= 0.6 is 0 Å². The van der Waals surface area contributed by atoms with Crippen molar-refractivity contribution in [3.05, 3.63) is 0 Å². The fourth-order valence-electron chi connectivity index (χ4n) is 4.23. The van der Waals surface area contributed by atoms with E-state index in [4.69, 9.17) is 4.74 Å². The first-order valence-electron chi connectivity index (χ1n) is 7.41. The van der Waals surface area contributed by atoms with Crippen molar-refractivity contribution in [3.63, 3.8) is 0 Å². The summed E-state index contributed by atoms with van der Waals surface area (Å²) >= 11 is 0. The molecule has 0 aromatic rings. The summed E-state index contributed by atoms with van der Waals surface area (Å²) in [5.74, 6) is 0. The lowest BCUT2D eigenvalue weighted by Crippen LogP contribution is -2.60. The molecule has 3 nitrogen and oxygen atoms in total. The maximum atomic E-state index is 5.52. The Labute approximate surface area is 105 Å². The molecule has 98 valence electrons. The van der Waals surface area contributed by atoms with Gasteiger partial charge in [0, 0.05) is 37.4 Å². The lowest BCUT2D eigenvalue weighted by atomic mass is 9.80. The smallest absolute Gasteiger partial charge is 0.0480 e. The van der Waals surface area contributed by atoms with Crippen molar-refractivity contribution in [1.82, 2.24) is 10.2 Å². The minimum Gasteiger partial charge on any atom is -0.381 e. The SMILES string of the molecule is CNC1CC2CCCC(C1)N2C1CCOCC1. The Hall–Kier alpha value is -0.120. The topological polar surface area (TPSA) is 24.5 Å². The molecule has 0 aromatic carbocycles. The molecule has 2 bridgehead atoms. The lowest BCUT2D eigenvalue weighted by molar-refractivity contribution is -0.0499. The average molecular weight is 238 g/mol. The first-order valence-corrected chi connectivity index (χ1v) is 7.41. The molecule has 0 saturated carbocycles. The molecule has 3 heteroatoms. The van der Waals surface area contributed by atoms with Crippen molar-refractivity contribution in [2.45, 2.75) is 69.1 Å². The highest BCUT2D eigenvalue weighted by molar-refractivity contribution is 4.97. The van der Waals surface area contributed by atoms with E-state index >= 15 is 0 Å². The van der Waals surface area contributed by atoms with Crippen LogP contribution in [0.15, 0.2) is 0 Å². The van der Waals surface area contributed by atoms with E-state index in [1.54, 1.807) is 0 Å². The summed E-state index contributed by atoms with van der Waals surface area (Å²) in [6, 6.07) is 3.28. The van der Waals surface area contributed by atoms with Gasteiger partial charge in [0.1, 0.15) is 0 Å². The molecule has 3 fully saturated rings. The van der Waals surface area contributed by atoms with Crippen LogP contribution < -0.4 is 5.32 Å². The summed E-state index contributed by atoms with van der Waals surface area (Å²) in [6.07, 6.45) is 9.55. The van der Waals surface area contributed by atoms with E-state index in [1.807, 2.05) is 0 Å². The zero-order chi connectivity index (χ0) is 11.7. The predicted molar refractivity (Wildman–Crippen MR) is 69.2 cm³/mol. The second-order valence-corrected chi connectivity index (χ2v) is 5.99. The maximum Gasteiger partial charge on any atom is 0.0480 e. The summed E-state index contributed by atoms with van der Waals surface area (Å²) in [7, 11) is 2.13. The van der Waals surface area contributed by atoms with Gasteiger partial charge in [-0.3, -0.25) is 4.90 Å². The number of fused-ring (bicyclic) bond motifs is 2. The largest absolute Gasteiger partial charge is 0.381 e. The molecule has 2 atom stereocenters. The standard InChI is InChI=1S/C14H26N2O/c1-15-11-9-13-3-2-4-14(10-11)16(13)12-5-7-17-8-6-12/h11-15H,2-10H2,1H3. The number of piperidine rings is 2. The maximum absolute atomic E-state index is 5.52. The first kappa shape index (κ1) is 11.9. The van der Waals surface area contributed by atoms with Crippen LogP contribution in [-0.2, 0) is 4.74 Å². The van der Waals surface area contributed by atoms with Gasteiger partial charge in [-0.1, -0.05) is 6.42 Å². The molecule has 17 heavy (non-hydrogen) atoms. The molecule has 0 radical (unpaired) electrons. The molecule has 0 spiro atoms. The van der Waals surface area contributed by atoms with E-state index < -0.39 is 0 Å². The summed E-state index contributed by atoms with van der Waals surface area (Å²) < 4.78 is 5.52. The first-order chi connectivity index (χ1) is 8.38. The third kappa shape index (κ3) is 2.38. The fourth-order valence-corrected chi connectivity index (χ4v) is 4.23. The van der Waals surface area contributed by atoms with E-state index in [-0.39, 0.29) is 0 Å². The van der Waals surface area contributed by atoms with Crippen molar-refractivity contribution in [2.24, 2.45) is 0 Å². The zero-order valence-electron chi connectivity index (χ0n) is 11.0. The van der Waals surface area contributed by atoms with Crippen LogP contribution in [0.3, 0.4) is 0 Å². The Kier molecular flexibility index (Phi) is 3.69. The molecule has 3 saturated heterocycles. The van der Waals surface area contributed by atoms with Crippen molar-refractivity contribution < 1.29 is 4.74 Å². The number of nitrogens with one attached hydrogen (secondary N) is 1. The molecule has 2 unspecified atom stereocenters. The lowest BCUT2D eigenvalue weighted by Gasteiger charge is -2.53. The Morgan fingerprint density at radius 3 is 2.18 bits per heavy atom. The van der Waals surface area contributed by atoms with Crippen molar-refractivity contribution in [2.75, 3.05) is 20.3 Å². The second kappa shape index (κ2) is 5.25. The molecule has 1 N–H and O–H groups in total. The van der Waals surface area contributed by atoms with Gasteiger partial charge in [0.25, 0.3) is 0 Å². The van der Waals surface area contributed by atoms with Crippen LogP contribution in [0.5, 0.6) is 0 Å². The highest BCUT2D eigenvalue weighted by Crippen LogP contribution is 2.37. The Morgan fingerprint density at radius 2 is 1.59 bits per heavy atom. The van der Waals surface area contributed by atoms with Crippen LogP contribution in [0, 0.1) is 0 Å². The molecule has 0 amide bonds. The second-order valence-electron chi connectivity index (χ2n) is 5.99. The van der Waals surface area contributed by atoms with Crippen LogP contribution in [0.1, 0.15) is 44.9 Å². The molecule has 3 aliphatic rings. The van der Waals surface area contributed by atoms with Crippen molar-refractivity contribution in [3.8, 4) is 0 Å². The third-order valence-corrected chi connectivity index (χ3v) is 5.05. The van der Waals surface area contributed by atoms with Gasteiger partial charge in [-0.25, -0.2) is 0 Å². The van der Waals surface area contributed by atoms with Crippen molar-refractivity contribution in [1.29, 1.82) is 0 Å². The summed E-state index contributed by atoms with van der Waals surface area (Å²) in [4.78, 5) is 2.89. The third-order valence-electron chi connectivity index (χ3n) is 5.05. The predicted octanol–water partition coefficient (Wildman–Crippen LogP) is 1.77. The number of ether oxygens (including phenoxy) is 1. The number of hydrogen-bond donors (Lipinski definition) is 1. The molecule has 0 aliphatic carbocycles. The average Bonchev–Trinajstić information content (AvgIpc) is 2.38. The Bertz CT molecular complexity index is 239. The minimum atomic E-state index is 0.765. The van der Waals surface area contributed by atoms with Gasteiger partial charge in [0.15, 0.2) is 0 Å². The van der Waals surface area contributed by atoms with Crippen LogP contribution in [0.2, 0.25) is 0 Å². The number of rotatable bonds is 2. The van der Waals surface area contributed by atoms with Gasteiger partial charge in [-0.2, -0.15) is 0 Å². The normalized spacial score (nSPS) is 40.4. The van der Waals surface area contributed by atoms with Gasteiger partial charge in [-0.05, 0) is 45.6 Å².